The average molecular weight is 625 g/mol. The highest BCUT2D eigenvalue weighted by Crippen LogP contribution is 2.18. The fourth-order valence-electron chi connectivity index (χ4n) is 4.50. The number of aliphatic carboxylic acids is 1. The number of nitrogens with zero attached hydrogens (tertiary/aromatic N) is 3. The Kier molecular flexibility index (Phi) is 11.3. The number of carboxylic acid groups (broad SMARTS) is 1. The van der Waals surface area contributed by atoms with Crippen LogP contribution in [-0.4, -0.2) is 72.4 Å². The summed E-state index contributed by atoms with van der Waals surface area (Å²) in [7, 11) is 0. The SMILES string of the molecule is CC(=O)CC(C)(C)OCCC(C)(C)NC(=O)CCC(NC(=O)c1ccc(NCc2cnc3nc(N)[nH]c(=O)c3n2)cc1)C(=O)O. The van der Waals surface area contributed by atoms with Gasteiger partial charge in [0.15, 0.2) is 11.2 Å². The lowest BCUT2D eigenvalue weighted by Crippen LogP contribution is -2.46. The van der Waals surface area contributed by atoms with Gasteiger partial charge in [0.05, 0.1) is 24.0 Å². The number of ketones is 1. The van der Waals surface area contributed by atoms with Gasteiger partial charge in [-0.05, 0) is 71.7 Å². The zero-order valence-electron chi connectivity index (χ0n) is 26.0. The van der Waals surface area contributed by atoms with Crippen molar-refractivity contribution in [3.05, 3.63) is 52.1 Å². The average Bonchev–Trinajstić information content (AvgIpc) is 2.93. The molecule has 3 rings (SSSR count). The second-order valence-corrected chi connectivity index (χ2v) is 12.0. The quantitative estimate of drug-likeness (QED) is 0.134. The van der Waals surface area contributed by atoms with Gasteiger partial charge in [0.25, 0.3) is 11.5 Å². The van der Waals surface area contributed by atoms with E-state index in [-0.39, 0.29) is 60.2 Å². The molecule has 2 aromatic heterocycles. The minimum atomic E-state index is -1.28. The Morgan fingerprint density at radius 1 is 1.09 bits per heavy atom. The Hall–Kier alpha value is -4.92. The van der Waals surface area contributed by atoms with Crippen LogP contribution in [0, 0.1) is 0 Å². The van der Waals surface area contributed by atoms with Gasteiger partial charge >= 0.3 is 5.97 Å². The van der Waals surface area contributed by atoms with Gasteiger partial charge in [-0.3, -0.25) is 24.2 Å². The summed E-state index contributed by atoms with van der Waals surface area (Å²) in [6.07, 6.45) is 2.00. The molecule has 0 saturated heterocycles. The standard InChI is InChI=1S/C30H40N8O7/c1-17(39)14-30(4,5)45-13-12-29(2,3)38-22(40)11-10-21(27(43)44)35-25(41)18-6-8-19(9-7-18)32-15-20-16-33-24-23(34-20)26(42)37-28(31)36-24/h6-9,16,21,32H,10-15H2,1-5H3,(H,35,41)(H,38,40)(H,43,44)(H3,31,33,36,37,42). The van der Waals surface area contributed by atoms with Gasteiger partial charge in [0, 0.05) is 36.2 Å². The molecule has 0 aliphatic carbocycles. The molecule has 242 valence electrons. The Morgan fingerprint density at radius 2 is 1.78 bits per heavy atom. The number of nitrogen functional groups attached to an aromatic ring is 1. The zero-order valence-corrected chi connectivity index (χ0v) is 26.0. The van der Waals surface area contributed by atoms with E-state index in [1.54, 1.807) is 12.1 Å². The number of H-pyrrole nitrogens is 1. The van der Waals surface area contributed by atoms with Crippen molar-refractivity contribution in [3.8, 4) is 0 Å². The molecule has 2 heterocycles. The fraction of sp³-hybridized carbons (Fsp3) is 0.467. The molecule has 2 amide bonds. The maximum atomic E-state index is 12.8. The van der Waals surface area contributed by atoms with Gasteiger partial charge in [-0.15, -0.1) is 0 Å². The van der Waals surface area contributed by atoms with Crippen molar-refractivity contribution in [2.24, 2.45) is 0 Å². The van der Waals surface area contributed by atoms with Crippen molar-refractivity contribution in [1.29, 1.82) is 0 Å². The summed E-state index contributed by atoms with van der Waals surface area (Å²) in [4.78, 5) is 75.3. The molecule has 1 atom stereocenters. The van der Waals surface area contributed by atoms with Crippen molar-refractivity contribution >= 4 is 46.4 Å². The number of rotatable bonds is 16. The summed E-state index contributed by atoms with van der Waals surface area (Å²) < 4.78 is 5.81. The van der Waals surface area contributed by atoms with E-state index in [2.05, 4.69) is 35.9 Å². The Bertz CT molecular complexity index is 1600. The predicted molar refractivity (Wildman–Crippen MR) is 166 cm³/mol. The smallest absolute Gasteiger partial charge is 0.326 e. The van der Waals surface area contributed by atoms with Crippen molar-refractivity contribution in [2.75, 3.05) is 17.7 Å². The minimum absolute atomic E-state index is 0.0242. The Labute approximate surface area is 259 Å². The zero-order chi connectivity index (χ0) is 33.4. The summed E-state index contributed by atoms with van der Waals surface area (Å²) >= 11 is 0. The van der Waals surface area contributed by atoms with Crippen LogP contribution in [0.3, 0.4) is 0 Å². The molecule has 45 heavy (non-hydrogen) atoms. The number of ether oxygens (including phenoxy) is 1. The first-order chi connectivity index (χ1) is 21.0. The number of carbonyl (C=O) groups excluding carboxylic acids is 3. The van der Waals surface area contributed by atoms with E-state index in [4.69, 9.17) is 10.5 Å². The maximum Gasteiger partial charge on any atom is 0.326 e. The van der Waals surface area contributed by atoms with Gasteiger partial charge < -0.3 is 31.5 Å². The lowest BCUT2D eigenvalue weighted by Gasteiger charge is -2.30. The van der Waals surface area contributed by atoms with Gasteiger partial charge in [0.1, 0.15) is 11.8 Å². The molecular formula is C30H40N8O7. The number of Topliss-reactive ketones (excluding diaryl/α,β-unsaturated/α-hetero) is 1. The van der Waals surface area contributed by atoms with Crippen LogP contribution in [0.1, 0.15) is 76.4 Å². The van der Waals surface area contributed by atoms with Crippen molar-refractivity contribution in [1.82, 2.24) is 30.6 Å². The summed E-state index contributed by atoms with van der Waals surface area (Å²) in [5.74, 6) is -2.26. The molecule has 0 aliphatic heterocycles. The Balaban J connectivity index is 1.48. The van der Waals surface area contributed by atoms with E-state index >= 15 is 0 Å². The lowest BCUT2D eigenvalue weighted by atomic mass is 9.99. The number of carbonyl (C=O) groups is 4. The number of nitrogens with one attached hydrogen (secondary N) is 4. The molecule has 1 unspecified atom stereocenters. The molecule has 1 aromatic carbocycles. The molecule has 3 aromatic rings. The third kappa shape index (κ3) is 10.9. The maximum absolute atomic E-state index is 12.8. The molecule has 0 spiro atoms. The van der Waals surface area contributed by atoms with Crippen molar-refractivity contribution in [2.45, 2.75) is 84.0 Å². The molecular weight excluding hydrogens is 584 g/mol. The van der Waals surface area contributed by atoms with E-state index in [0.29, 0.717) is 24.4 Å². The highest BCUT2D eigenvalue weighted by molar-refractivity contribution is 5.97. The van der Waals surface area contributed by atoms with E-state index in [1.807, 2.05) is 27.7 Å². The lowest BCUT2D eigenvalue weighted by molar-refractivity contribution is -0.139. The van der Waals surface area contributed by atoms with E-state index < -0.39 is 34.6 Å². The van der Waals surface area contributed by atoms with Crippen molar-refractivity contribution < 1.29 is 29.0 Å². The van der Waals surface area contributed by atoms with E-state index in [9.17, 15) is 29.1 Å². The summed E-state index contributed by atoms with van der Waals surface area (Å²) in [5, 5.41) is 18.1. The van der Waals surface area contributed by atoms with Crippen LogP contribution in [0.5, 0.6) is 0 Å². The van der Waals surface area contributed by atoms with Crippen LogP contribution in [0.25, 0.3) is 11.2 Å². The third-order valence-electron chi connectivity index (χ3n) is 6.74. The van der Waals surface area contributed by atoms with Crippen LogP contribution < -0.4 is 27.2 Å². The third-order valence-corrected chi connectivity index (χ3v) is 6.74. The normalized spacial score (nSPS) is 12.4. The van der Waals surface area contributed by atoms with Gasteiger partial charge in [-0.2, -0.15) is 4.98 Å². The molecule has 0 fully saturated rings. The van der Waals surface area contributed by atoms with Crippen LogP contribution in [0.15, 0.2) is 35.3 Å². The topological polar surface area (TPSA) is 231 Å². The summed E-state index contributed by atoms with van der Waals surface area (Å²) in [5.41, 5.74) is 5.30. The molecule has 0 bridgehead atoms. The summed E-state index contributed by atoms with van der Waals surface area (Å²) in [6, 6.07) is 5.03. The minimum Gasteiger partial charge on any atom is -0.480 e. The number of hydrogen-bond acceptors (Lipinski definition) is 11. The monoisotopic (exact) mass is 624 g/mol. The number of aromatic nitrogens is 4. The summed E-state index contributed by atoms with van der Waals surface area (Å²) in [6.45, 7) is 9.36. The van der Waals surface area contributed by atoms with Crippen LogP contribution in [-0.2, 0) is 25.7 Å². The first-order valence-corrected chi connectivity index (χ1v) is 14.4. The first kappa shape index (κ1) is 34.6. The molecule has 7 N–H and O–H groups in total. The number of fused-ring (bicyclic) bond motifs is 1. The van der Waals surface area contributed by atoms with Crippen LogP contribution in [0.2, 0.25) is 0 Å². The van der Waals surface area contributed by atoms with E-state index in [0.717, 1.165) is 0 Å². The molecule has 0 saturated carbocycles. The van der Waals surface area contributed by atoms with E-state index in [1.165, 1.54) is 25.3 Å². The van der Waals surface area contributed by atoms with Gasteiger partial charge in [0.2, 0.25) is 11.9 Å². The number of nitrogens with two attached hydrogens (primary N) is 1. The predicted octanol–water partition coefficient (Wildman–Crippen LogP) is 1.93. The fourth-order valence-corrected chi connectivity index (χ4v) is 4.50. The number of benzene rings is 1. The Morgan fingerprint density at radius 3 is 2.42 bits per heavy atom. The second kappa shape index (κ2) is 14.7. The molecule has 15 nitrogen and oxygen atoms in total. The molecule has 0 aliphatic rings. The number of amides is 2. The van der Waals surface area contributed by atoms with Crippen molar-refractivity contribution in [3.63, 3.8) is 0 Å². The van der Waals surface area contributed by atoms with Crippen LogP contribution in [0.4, 0.5) is 11.6 Å². The van der Waals surface area contributed by atoms with Gasteiger partial charge in [-0.25, -0.2) is 14.8 Å². The molecule has 15 heteroatoms. The first-order valence-electron chi connectivity index (χ1n) is 14.4. The largest absolute Gasteiger partial charge is 0.480 e. The highest BCUT2D eigenvalue weighted by atomic mass is 16.5. The number of aromatic amines is 1. The number of carboxylic acids is 1. The second-order valence-electron chi connectivity index (χ2n) is 12.0. The van der Waals surface area contributed by atoms with Crippen LogP contribution >= 0.6 is 0 Å². The number of anilines is 2. The highest BCUT2D eigenvalue weighted by Gasteiger charge is 2.26. The van der Waals surface area contributed by atoms with Gasteiger partial charge in [-0.1, -0.05) is 0 Å². The number of hydrogen-bond donors (Lipinski definition) is 6. The molecule has 0 radical (unpaired) electrons.